The highest BCUT2D eigenvalue weighted by atomic mass is 16.5. The maximum atomic E-state index is 12.6. The van der Waals surface area contributed by atoms with Gasteiger partial charge in [-0.25, -0.2) is 0 Å². The third-order valence-corrected chi connectivity index (χ3v) is 5.38. The van der Waals surface area contributed by atoms with Gasteiger partial charge in [-0.05, 0) is 50.0 Å². The highest BCUT2D eigenvalue weighted by molar-refractivity contribution is 6.01. The van der Waals surface area contributed by atoms with Crippen molar-refractivity contribution in [3.05, 3.63) is 41.1 Å². The molecule has 1 aromatic rings. The van der Waals surface area contributed by atoms with Crippen LogP contribution >= 0.6 is 0 Å². The van der Waals surface area contributed by atoms with E-state index in [-0.39, 0.29) is 55.9 Å². The Morgan fingerprint density at radius 1 is 0.921 bits per heavy atom. The van der Waals surface area contributed by atoms with Crippen LogP contribution in [0.3, 0.4) is 0 Å². The molecule has 4 amide bonds. The molecule has 1 aromatic carbocycles. The Hall–Kier alpha value is -4.02. The molecule has 1 rings (SSSR count). The monoisotopic (exact) mass is 530 g/mol. The quantitative estimate of drug-likeness (QED) is 0.128. The van der Waals surface area contributed by atoms with E-state index in [2.05, 4.69) is 16.0 Å². The van der Waals surface area contributed by atoms with Crippen molar-refractivity contribution >= 4 is 41.6 Å². The number of amides is 4. The molecule has 208 valence electrons. The van der Waals surface area contributed by atoms with Crippen LogP contribution in [0.2, 0.25) is 0 Å². The van der Waals surface area contributed by atoms with Crippen molar-refractivity contribution in [2.45, 2.75) is 65.9 Å². The molecule has 0 heterocycles. The zero-order valence-corrected chi connectivity index (χ0v) is 22.6. The molecule has 0 aliphatic heterocycles. The van der Waals surface area contributed by atoms with E-state index in [1.807, 2.05) is 0 Å². The number of hydrogen-bond donors (Lipinski definition) is 3. The molecule has 3 N–H and O–H groups in total. The van der Waals surface area contributed by atoms with Crippen LogP contribution in [-0.4, -0.2) is 60.9 Å². The lowest BCUT2D eigenvalue weighted by Gasteiger charge is -2.16. The molecule has 0 radical (unpaired) electrons. The number of ether oxygens (including phenoxy) is 1. The third-order valence-electron chi connectivity index (χ3n) is 5.38. The van der Waals surface area contributed by atoms with Gasteiger partial charge in [-0.1, -0.05) is 18.6 Å². The normalized spacial score (nSPS) is 10.1. The van der Waals surface area contributed by atoms with E-state index in [0.29, 0.717) is 24.2 Å². The maximum absolute atomic E-state index is 12.6. The fourth-order valence-electron chi connectivity index (χ4n) is 3.24. The zero-order valence-electron chi connectivity index (χ0n) is 22.6. The van der Waals surface area contributed by atoms with Gasteiger partial charge >= 0.3 is 5.97 Å². The number of nitrogens with one attached hydrogen (secondary N) is 3. The molecule has 0 saturated heterocycles. The predicted molar refractivity (Wildman–Crippen MR) is 141 cm³/mol. The Morgan fingerprint density at radius 3 is 2.21 bits per heavy atom. The van der Waals surface area contributed by atoms with E-state index in [1.54, 1.807) is 50.1 Å². The van der Waals surface area contributed by atoms with Crippen molar-refractivity contribution in [3.63, 3.8) is 0 Å². The second-order valence-corrected chi connectivity index (χ2v) is 8.96. The van der Waals surface area contributed by atoms with Crippen LogP contribution in [0, 0.1) is 0 Å². The number of aldehydes is 1. The number of unbranched alkanes of at least 4 members (excludes halogenated alkanes) is 2. The Morgan fingerprint density at radius 2 is 1.61 bits per heavy atom. The Bertz CT molecular complexity index is 1010. The van der Waals surface area contributed by atoms with Gasteiger partial charge in [-0.15, -0.1) is 0 Å². The summed E-state index contributed by atoms with van der Waals surface area (Å²) in [7, 11) is 1.68. The van der Waals surface area contributed by atoms with Gasteiger partial charge in [0.05, 0.1) is 6.54 Å². The number of esters is 1. The summed E-state index contributed by atoms with van der Waals surface area (Å²) in [6, 6.07) is 6.73. The molecule has 0 fully saturated rings. The molecule has 11 nitrogen and oxygen atoms in total. The van der Waals surface area contributed by atoms with Crippen LogP contribution < -0.4 is 16.0 Å². The van der Waals surface area contributed by atoms with Crippen LogP contribution in [0.25, 0.3) is 0 Å². The summed E-state index contributed by atoms with van der Waals surface area (Å²) in [6.07, 6.45) is 3.36. The van der Waals surface area contributed by atoms with Gasteiger partial charge in [0.2, 0.25) is 17.7 Å². The number of carbonyl (C=O) groups is 6. The lowest BCUT2D eigenvalue weighted by molar-refractivity contribution is -0.142. The van der Waals surface area contributed by atoms with Crippen molar-refractivity contribution in [3.8, 4) is 0 Å². The maximum Gasteiger partial charge on any atom is 0.302 e. The Kier molecular flexibility index (Phi) is 14.7. The van der Waals surface area contributed by atoms with Gasteiger partial charge in [0.25, 0.3) is 5.91 Å². The van der Waals surface area contributed by atoms with Crippen molar-refractivity contribution in [1.82, 2.24) is 15.5 Å². The predicted octanol–water partition coefficient (Wildman–Crippen LogP) is 2.21. The van der Waals surface area contributed by atoms with Crippen LogP contribution in [0.15, 0.2) is 35.5 Å². The number of allylic oxidation sites excluding steroid dienone is 1. The minimum absolute atomic E-state index is 0.0862. The molecule has 11 heteroatoms. The molecular weight excluding hydrogens is 492 g/mol. The van der Waals surface area contributed by atoms with E-state index in [1.165, 1.54) is 6.92 Å². The summed E-state index contributed by atoms with van der Waals surface area (Å²) in [5.41, 5.74) is 1.97. The van der Waals surface area contributed by atoms with Crippen molar-refractivity contribution < 1.29 is 33.5 Å². The number of rotatable bonds is 16. The van der Waals surface area contributed by atoms with E-state index in [0.717, 1.165) is 24.7 Å². The second-order valence-electron chi connectivity index (χ2n) is 8.96. The summed E-state index contributed by atoms with van der Waals surface area (Å²) >= 11 is 0. The van der Waals surface area contributed by atoms with Crippen LogP contribution in [0.4, 0.5) is 5.69 Å². The molecule has 0 bridgehead atoms. The van der Waals surface area contributed by atoms with Gasteiger partial charge in [0, 0.05) is 45.5 Å². The van der Waals surface area contributed by atoms with Gasteiger partial charge < -0.3 is 30.4 Å². The summed E-state index contributed by atoms with van der Waals surface area (Å²) in [5, 5.41) is 7.79. The van der Waals surface area contributed by atoms with Gasteiger partial charge in [0.15, 0.2) is 0 Å². The minimum atomic E-state index is -0.569. The van der Waals surface area contributed by atoms with Crippen molar-refractivity contribution in [2.24, 2.45) is 0 Å². The number of anilines is 1. The second kappa shape index (κ2) is 17.4. The molecule has 0 saturated carbocycles. The van der Waals surface area contributed by atoms with Crippen LogP contribution in [0.5, 0.6) is 0 Å². The van der Waals surface area contributed by atoms with E-state index >= 15 is 0 Å². The SMILES string of the molecule is CC(=O)OCc1ccc(NC(=O)CNC(=O)C(NC(=O)CCCCCN(C)C(=O)CCC=O)=C(C)C)cc1. The lowest BCUT2D eigenvalue weighted by atomic mass is 10.1. The molecule has 38 heavy (non-hydrogen) atoms. The number of carbonyl (C=O) groups excluding carboxylic acids is 6. The van der Waals surface area contributed by atoms with Gasteiger partial charge in [-0.2, -0.15) is 0 Å². The van der Waals surface area contributed by atoms with Crippen LogP contribution in [-0.2, 0) is 40.1 Å². The standard InChI is InChI=1S/C27H38N4O7/c1-19(2)26(30-23(34)9-6-5-7-15-31(4)25(36)10-8-16-32)27(37)28-17-24(35)29-22-13-11-21(12-14-22)18-38-20(3)33/h11-14,16H,5-10,15,17-18H2,1-4H3,(H,28,37)(H,29,35)(H,30,34). The average Bonchev–Trinajstić information content (AvgIpc) is 2.87. The molecule has 0 aliphatic carbocycles. The summed E-state index contributed by atoms with van der Waals surface area (Å²) in [4.78, 5) is 71.8. The molecule has 0 aromatic heterocycles. The molecule has 0 unspecified atom stereocenters. The van der Waals surface area contributed by atoms with Crippen molar-refractivity contribution in [2.75, 3.05) is 25.5 Å². The molecule has 0 atom stereocenters. The fourth-order valence-corrected chi connectivity index (χ4v) is 3.24. The van der Waals surface area contributed by atoms with Crippen molar-refractivity contribution in [1.29, 1.82) is 0 Å². The number of nitrogens with zero attached hydrogens (tertiary/aromatic N) is 1. The topological polar surface area (TPSA) is 151 Å². The number of hydrogen-bond acceptors (Lipinski definition) is 7. The zero-order chi connectivity index (χ0) is 28.5. The first-order chi connectivity index (χ1) is 18.0. The molecule has 0 aliphatic rings. The fraction of sp³-hybridized carbons (Fsp3) is 0.481. The average molecular weight is 531 g/mol. The first kappa shape index (κ1) is 32.0. The first-order valence-corrected chi connectivity index (χ1v) is 12.5. The highest BCUT2D eigenvalue weighted by Gasteiger charge is 2.16. The van der Waals surface area contributed by atoms with E-state index in [9.17, 15) is 28.8 Å². The van der Waals surface area contributed by atoms with E-state index in [4.69, 9.17) is 4.74 Å². The smallest absolute Gasteiger partial charge is 0.302 e. The summed E-state index contributed by atoms with van der Waals surface area (Å²) in [5.74, 6) is -1.80. The Balaban J connectivity index is 2.40. The minimum Gasteiger partial charge on any atom is -0.461 e. The number of benzene rings is 1. The Labute approximate surface area is 223 Å². The van der Waals surface area contributed by atoms with Gasteiger partial charge in [0.1, 0.15) is 18.6 Å². The largest absolute Gasteiger partial charge is 0.461 e. The van der Waals surface area contributed by atoms with Crippen LogP contribution in [0.1, 0.15) is 64.9 Å². The molecule has 0 spiro atoms. The molecular formula is C27H38N4O7. The summed E-state index contributed by atoms with van der Waals surface area (Å²) in [6.45, 7) is 5.08. The summed E-state index contributed by atoms with van der Waals surface area (Å²) < 4.78 is 4.91. The first-order valence-electron chi connectivity index (χ1n) is 12.5. The lowest BCUT2D eigenvalue weighted by Crippen LogP contribution is -2.39. The van der Waals surface area contributed by atoms with Gasteiger partial charge in [-0.3, -0.25) is 24.0 Å². The highest BCUT2D eigenvalue weighted by Crippen LogP contribution is 2.11. The van der Waals surface area contributed by atoms with E-state index < -0.39 is 11.8 Å². The third kappa shape index (κ3) is 13.3.